The Bertz CT molecular complexity index is 390. The first kappa shape index (κ1) is 12.6. The molecule has 0 saturated carbocycles. The highest BCUT2D eigenvalue weighted by Gasteiger charge is 2.30. The van der Waals surface area contributed by atoms with Crippen LogP contribution in [0.15, 0.2) is 24.3 Å². The number of amides is 1. The summed E-state index contributed by atoms with van der Waals surface area (Å²) in [5.41, 5.74) is 5.12. The lowest BCUT2D eigenvalue weighted by Gasteiger charge is -2.28. The third-order valence-corrected chi connectivity index (χ3v) is 2.74. The minimum absolute atomic E-state index is 0.248. The normalized spacial score (nSPS) is 14.3. The first-order chi connectivity index (χ1) is 7.40. The van der Waals surface area contributed by atoms with Crippen molar-refractivity contribution in [3.05, 3.63) is 30.1 Å². The van der Waals surface area contributed by atoms with E-state index in [1.54, 1.807) is 25.1 Å². The Morgan fingerprint density at radius 1 is 1.50 bits per heavy atom. The minimum atomic E-state index is -0.961. The van der Waals surface area contributed by atoms with Crippen molar-refractivity contribution < 1.29 is 9.18 Å². The molecule has 0 radical (unpaired) electrons. The number of rotatable bonds is 3. The molecule has 1 amide bonds. The molecular weight excluding hydrogens is 207 g/mol. The molecule has 0 saturated heterocycles. The number of nitrogens with zero attached hydrogens (tertiary/aromatic N) is 1. The number of benzene rings is 1. The van der Waals surface area contributed by atoms with Crippen molar-refractivity contribution in [1.29, 1.82) is 0 Å². The van der Waals surface area contributed by atoms with Crippen LogP contribution in [0.4, 0.5) is 10.1 Å². The number of para-hydroxylation sites is 1. The van der Waals surface area contributed by atoms with Crippen LogP contribution in [0.25, 0.3) is 0 Å². The van der Waals surface area contributed by atoms with E-state index >= 15 is 0 Å². The molecule has 0 heterocycles. The molecule has 0 aliphatic heterocycles. The lowest BCUT2D eigenvalue weighted by Crippen LogP contribution is -2.52. The molecule has 1 aromatic carbocycles. The molecule has 1 unspecified atom stereocenters. The molecule has 4 heteroatoms. The van der Waals surface area contributed by atoms with Crippen LogP contribution in [0.2, 0.25) is 0 Å². The zero-order chi connectivity index (χ0) is 12.3. The number of carbonyl (C=O) groups is 1. The molecule has 1 rings (SSSR count). The molecule has 0 aliphatic carbocycles. The van der Waals surface area contributed by atoms with Gasteiger partial charge in [-0.05, 0) is 25.5 Å². The highest BCUT2D eigenvalue weighted by molar-refractivity contribution is 5.99. The number of likely N-dealkylation sites (N-methyl/N-ethyl adjacent to an activating group) is 1. The Labute approximate surface area is 95.0 Å². The summed E-state index contributed by atoms with van der Waals surface area (Å²) in [5.74, 6) is -0.717. The predicted molar refractivity (Wildman–Crippen MR) is 62.7 cm³/mol. The Balaban J connectivity index is 3.00. The predicted octanol–water partition coefficient (Wildman–Crippen LogP) is 1.92. The lowest BCUT2D eigenvalue weighted by atomic mass is 9.98. The van der Waals surface area contributed by atoms with Gasteiger partial charge >= 0.3 is 0 Å². The summed E-state index contributed by atoms with van der Waals surface area (Å²) in [6.07, 6.45) is 0.505. The van der Waals surface area contributed by atoms with Crippen LogP contribution in [0.5, 0.6) is 0 Å². The van der Waals surface area contributed by atoms with Gasteiger partial charge in [0.1, 0.15) is 5.82 Å². The highest BCUT2D eigenvalue weighted by atomic mass is 19.1. The van der Waals surface area contributed by atoms with Crippen LogP contribution in [0.1, 0.15) is 20.3 Å². The van der Waals surface area contributed by atoms with E-state index in [0.29, 0.717) is 6.42 Å². The first-order valence-corrected chi connectivity index (χ1v) is 5.21. The van der Waals surface area contributed by atoms with Gasteiger partial charge in [-0.3, -0.25) is 4.79 Å². The first-order valence-electron chi connectivity index (χ1n) is 5.21. The van der Waals surface area contributed by atoms with Gasteiger partial charge in [0.25, 0.3) is 0 Å². The van der Waals surface area contributed by atoms with E-state index in [-0.39, 0.29) is 11.6 Å². The van der Waals surface area contributed by atoms with E-state index in [1.165, 1.54) is 18.0 Å². The van der Waals surface area contributed by atoms with E-state index < -0.39 is 11.4 Å². The average molecular weight is 224 g/mol. The number of hydrogen-bond donors (Lipinski definition) is 1. The van der Waals surface area contributed by atoms with Crippen molar-refractivity contribution >= 4 is 11.6 Å². The summed E-state index contributed by atoms with van der Waals surface area (Å²) in [6.45, 7) is 3.47. The number of carbonyl (C=O) groups excluding carboxylic acids is 1. The van der Waals surface area contributed by atoms with Gasteiger partial charge in [-0.15, -0.1) is 0 Å². The summed E-state index contributed by atoms with van der Waals surface area (Å²) in [4.78, 5) is 13.2. The maximum Gasteiger partial charge on any atom is 0.246 e. The molecule has 3 nitrogen and oxygen atoms in total. The second-order valence-electron chi connectivity index (χ2n) is 4.09. The van der Waals surface area contributed by atoms with E-state index in [4.69, 9.17) is 5.73 Å². The number of halogens is 1. The zero-order valence-electron chi connectivity index (χ0n) is 9.83. The molecule has 0 fully saturated rings. The molecule has 1 atom stereocenters. The van der Waals surface area contributed by atoms with Gasteiger partial charge in [-0.1, -0.05) is 19.1 Å². The van der Waals surface area contributed by atoms with Crippen molar-refractivity contribution in [2.75, 3.05) is 11.9 Å². The Morgan fingerprint density at radius 2 is 2.06 bits per heavy atom. The van der Waals surface area contributed by atoms with E-state index in [0.717, 1.165) is 0 Å². The van der Waals surface area contributed by atoms with E-state index in [1.807, 2.05) is 6.92 Å². The summed E-state index contributed by atoms with van der Waals surface area (Å²) >= 11 is 0. The van der Waals surface area contributed by atoms with E-state index in [2.05, 4.69) is 0 Å². The quantitative estimate of drug-likeness (QED) is 0.852. The van der Waals surface area contributed by atoms with Crippen molar-refractivity contribution in [2.24, 2.45) is 5.73 Å². The standard InChI is InChI=1S/C12H17FN2O/c1-4-12(2,14)11(16)15(3)10-8-6-5-7-9(10)13/h5-8H,4,14H2,1-3H3. The summed E-state index contributed by atoms with van der Waals surface area (Å²) in [6, 6.07) is 6.14. The fourth-order valence-electron chi connectivity index (χ4n) is 1.37. The van der Waals surface area contributed by atoms with Gasteiger partial charge in [0.15, 0.2) is 0 Å². The Hall–Kier alpha value is -1.42. The number of anilines is 1. The Kier molecular flexibility index (Phi) is 3.65. The van der Waals surface area contributed by atoms with Crippen LogP contribution in [0.3, 0.4) is 0 Å². The van der Waals surface area contributed by atoms with Crippen molar-refractivity contribution in [1.82, 2.24) is 0 Å². The van der Waals surface area contributed by atoms with Gasteiger partial charge < -0.3 is 10.6 Å². The summed E-state index contributed by atoms with van der Waals surface area (Å²) in [7, 11) is 1.53. The summed E-state index contributed by atoms with van der Waals surface area (Å²) in [5, 5.41) is 0. The number of nitrogens with two attached hydrogens (primary N) is 1. The van der Waals surface area contributed by atoms with Crippen LogP contribution in [0, 0.1) is 5.82 Å². The Morgan fingerprint density at radius 3 is 2.56 bits per heavy atom. The molecule has 0 aromatic heterocycles. The third-order valence-electron chi connectivity index (χ3n) is 2.74. The van der Waals surface area contributed by atoms with Crippen molar-refractivity contribution in [2.45, 2.75) is 25.8 Å². The van der Waals surface area contributed by atoms with Gasteiger partial charge in [-0.2, -0.15) is 0 Å². The third kappa shape index (κ3) is 2.39. The zero-order valence-corrected chi connectivity index (χ0v) is 9.83. The van der Waals surface area contributed by atoms with Gasteiger partial charge in [0, 0.05) is 7.05 Å². The molecule has 16 heavy (non-hydrogen) atoms. The molecule has 0 spiro atoms. The smallest absolute Gasteiger partial charge is 0.246 e. The van der Waals surface area contributed by atoms with Gasteiger partial charge in [0.05, 0.1) is 11.2 Å². The fraction of sp³-hybridized carbons (Fsp3) is 0.417. The topological polar surface area (TPSA) is 46.3 Å². The summed E-state index contributed by atoms with van der Waals surface area (Å²) < 4.78 is 13.5. The molecule has 0 bridgehead atoms. The van der Waals surface area contributed by atoms with Crippen molar-refractivity contribution in [3.8, 4) is 0 Å². The average Bonchev–Trinajstić information content (AvgIpc) is 2.27. The molecule has 1 aromatic rings. The maximum atomic E-state index is 13.5. The van der Waals surface area contributed by atoms with Gasteiger partial charge in [-0.25, -0.2) is 4.39 Å². The minimum Gasteiger partial charge on any atom is -0.318 e. The molecular formula is C12H17FN2O. The molecule has 0 aliphatic rings. The van der Waals surface area contributed by atoms with E-state index in [9.17, 15) is 9.18 Å². The lowest BCUT2D eigenvalue weighted by molar-refractivity contribution is -0.123. The monoisotopic (exact) mass is 224 g/mol. The second-order valence-corrected chi connectivity index (χ2v) is 4.09. The number of hydrogen-bond acceptors (Lipinski definition) is 2. The van der Waals surface area contributed by atoms with Crippen LogP contribution in [-0.4, -0.2) is 18.5 Å². The largest absolute Gasteiger partial charge is 0.318 e. The fourth-order valence-corrected chi connectivity index (χ4v) is 1.37. The van der Waals surface area contributed by atoms with Crippen LogP contribution in [-0.2, 0) is 4.79 Å². The van der Waals surface area contributed by atoms with Crippen molar-refractivity contribution in [3.63, 3.8) is 0 Å². The second kappa shape index (κ2) is 4.61. The maximum absolute atomic E-state index is 13.5. The molecule has 2 N–H and O–H groups in total. The SMILES string of the molecule is CCC(C)(N)C(=O)N(C)c1ccccc1F. The van der Waals surface area contributed by atoms with Gasteiger partial charge in [0.2, 0.25) is 5.91 Å². The highest BCUT2D eigenvalue weighted by Crippen LogP contribution is 2.20. The van der Waals surface area contributed by atoms with Crippen LogP contribution >= 0.6 is 0 Å². The van der Waals surface area contributed by atoms with Crippen LogP contribution < -0.4 is 10.6 Å². The molecule has 88 valence electrons.